The van der Waals surface area contributed by atoms with Gasteiger partial charge in [0.25, 0.3) is 0 Å². The molecule has 0 fully saturated rings. The van der Waals surface area contributed by atoms with Crippen LogP contribution in [-0.4, -0.2) is 29.8 Å². The molecule has 5 N–H and O–H groups in total. The molecule has 0 aromatic heterocycles. The topological polar surface area (TPSA) is 123 Å². The van der Waals surface area contributed by atoms with Crippen LogP contribution in [0.4, 0.5) is 21.9 Å². The van der Waals surface area contributed by atoms with E-state index < -0.39 is 24.2 Å². The average Bonchev–Trinajstić information content (AvgIpc) is 2.92. The van der Waals surface area contributed by atoms with Crippen molar-refractivity contribution < 1.29 is 24.2 Å². The van der Waals surface area contributed by atoms with E-state index in [0.717, 1.165) is 0 Å². The largest absolute Gasteiger partial charge is 0.507 e. The number of anilines is 3. The number of phenolic OH excluding ortho intramolecular Hbond substituents is 1. The fourth-order valence-corrected chi connectivity index (χ4v) is 4.05. The van der Waals surface area contributed by atoms with Gasteiger partial charge in [0.05, 0.1) is 11.4 Å². The van der Waals surface area contributed by atoms with E-state index in [0.29, 0.717) is 40.0 Å². The molecule has 0 aliphatic heterocycles. The van der Waals surface area contributed by atoms with Crippen molar-refractivity contribution in [3.8, 4) is 5.75 Å². The van der Waals surface area contributed by atoms with Crippen molar-refractivity contribution in [1.82, 2.24) is 0 Å². The third-order valence-electron chi connectivity index (χ3n) is 5.81. The summed E-state index contributed by atoms with van der Waals surface area (Å²) in [4.78, 5) is 25.7. The van der Waals surface area contributed by atoms with Crippen LogP contribution in [0, 0.1) is 0 Å². The second-order valence-corrected chi connectivity index (χ2v) is 8.39. The van der Waals surface area contributed by atoms with Gasteiger partial charge in [0.15, 0.2) is 6.10 Å². The van der Waals surface area contributed by atoms with Gasteiger partial charge in [0, 0.05) is 29.3 Å². The van der Waals surface area contributed by atoms with Crippen LogP contribution in [0.25, 0.3) is 10.8 Å². The summed E-state index contributed by atoms with van der Waals surface area (Å²) in [6, 6.07) is 26.3. The highest BCUT2D eigenvalue weighted by Crippen LogP contribution is 2.35. The van der Waals surface area contributed by atoms with Crippen molar-refractivity contribution in [2.45, 2.75) is 19.1 Å². The highest BCUT2D eigenvalue weighted by molar-refractivity contribution is 6.01. The van der Waals surface area contributed by atoms with E-state index in [1.165, 1.54) is 6.08 Å². The second-order valence-electron chi connectivity index (χ2n) is 8.39. The second kappa shape index (κ2) is 12.4. The number of hydrogen-bond donors (Lipinski definition) is 4. The molecule has 4 rings (SSSR count). The lowest BCUT2D eigenvalue weighted by Gasteiger charge is -2.26. The van der Waals surface area contributed by atoms with E-state index in [1.54, 1.807) is 72.8 Å². The van der Waals surface area contributed by atoms with E-state index in [1.807, 2.05) is 31.2 Å². The predicted molar refractivity (Wildman–Crippen MR) is 149 cm³/mol. The Bertz CT molecular complexity index is 1440. The smallest absolute Gasteiger partial charge is 0.412 e. The number of nitrogens with one attached hydrogen (secondary N) is 2. The summed E-state index contributed by atoms with van der Waals surface area (Å²) in [7, 11) is 0. The SMILES string of the molecule is CCO[C@@H](/C=C/C(=O)Nc1ccccc1N)[C@@H](OC(=O)Nc1ccccc1)c1ccc(O)c2ccccc12. The molecule has 8 heteroatoms. The van der Waals surface area contributed by atoms with Gasteiger partial charge in [-0.05, 0) is 48.7 Å². The molecule has 2 amide bonds. The van der Waals surface area contributed by atoms with Crippen molar-refractivity contribution >= 4 is 39.8 Å². The Morgan fingerprint density at radius 2 is 1.58 bits per heavy atom. The van der Waals surface area contributed by atoms with Crippen LogP contribution in [0.5, 0.6) is 5.75 Å². The Morgan fingerprint density at radius 3 is 2.32 bits per heavy atom. The van der Waals surface area contributed by atoms with Gasteiger partial charge in [0.2, 0.25) is 5.91 Å². The lowest BCUT2D eigenvalue weighted by Crippen LogP contribution is -2.28. The minimum atomic E-state index is -0.949. The Kier molecular flexibility index (Phi) is 8.58. The third-order valence-corrected chi connectivity index (χ3v) is 5.81. The molecule has 0 aliphatic rings. The standard InChI is InChI=1S/C30H29N3O5/c1-2-37-27(18-19-28(35)33-25-15-9-8-14-24(25)31)29(38-30(36)32-20-10-4-3-5-11-20)23-16-17-26(34)22-13-7-6-12-21(22)23/h3-19,27,29,34H,2,31H2,1H3,(H,32,36)(H,33,35)/b19-18+/t27-,29-/m0/s1. The molecule has 4 aromatic carbocycles. The number of ether oxygens (including phenoxy) is 2. The molecule has 0 aliphatic carbocycles. The van der Waals surface area contributed by atoms with E-state index in [-0.39, 0.29) is 5.75 Å². The number of para-hydroxylation sites is 3. The van der Waals surface area contributed by atoms with E-state index in [4.69, 9.17) is 15.2 Å². The summed E-state index contributed by atoms with van der Waals surface area (Å²) in [6.07, 6.45) is 0.391. The highest BCUT2D eigenvalue weighted by Gasteiger charge is 2.28. The van der Waals surface area contributed by atoms with Crippen LogP contribution < -0.4 is 16.4 Å². The maximum atomic E-state index is 13.0. The van der Waals surface area contributed by atoms with Gasteiger partial charge in [-0.2, -0.15) is 0 Å². The van der Waals surface area contributed by atoms with Crippen LogP contribution >= 0.6 is 0 Å². The summed E-state index contributed by atoms with van der Waals surface area (Å²) in [5.41, 5.74) is 8.02. The molecule has 2 atom stereocenters. The molecule has 0 radical (unpaired) electrons. The summed E-state index contributed by atoms with van der Waals surface area (Å²) in [6.45, 7) is 2.10. The zero-order chi connectivity index (χ0) is 26.9. The number of benzene rings is 4. The van der Waals surface area contributed by atoms with E-state index in [9.17, 15) is 14.7 Å². The molecule has 0 spiro atoms. The number of amides is 2. The zero-order valence-electron chi connectivity index (χ0n) is 20.8. The average molecular weight is 512 g/mol. The van der Waals surface area contributed by atoms with Gasteiger partial charge in [-0.15, -0.1) is 0 Å². The first-order valence-corrected chi connectivity index (χ1v) is 12.1. The number of nitrogens with two attached hydrogens (primary N) is 1. The molecule has 8 nitrogen and oxygen atoms in total. The number of phenols is 1. The van der Waals surface area contributed by atoms with Gasteiger partial charge < -0.3 is 25.6 Å². The van der Waals surface area contributed by atoms with Gasteiger partial charge >= 0.3 is 6.09 Å². The normalized spacial score (nSPS) is 12.7. The predicted octanol–water partition coefficient (Wildman–Crippen LogP) is 6.02. The van der Waals surface area contributed by atoms with Crippen molar-refractivity contribution in [2.75, 3.05) is 23.0 Å². The maximum Gasteiger partial charge on any atom is 0.412 e. The summed E-state index contributed by atoms with van der Waals surface area (Å²) in [5, 5.41) is 17.1. The van der Waals surface area contributed by atoms with Gasteiger partial charge in [-0.25, -0.2) is 4.79 Å². The summed E-state index contributed by atoms with van der Waals surface area (Å²) in [5.74, 6) is -0.323. The first-order valence-electron chi connectivity index (χ1n) is 12.1. The fraction of sp³-hybridized carbons (Fsp3) is 0.133. The van der Waals surface area contributed by atoms with Crippen molar-refractivity contribution in [2.24, 2.45) is 0 Å². The lowest BCUT2D eigenvalue weighted by molar-refractivity contribution is -0.112. The summed E-state index contributed by atoms with van der Waals surface area (Å²) >= 11 is 0. The number of rotatable bonds is 9. The number of aromatic hydroxyl groups is 1. The molecule has 0 saturated carbocycles. The Hall–Kier alpha value is -4.82. The quantitative estimate of drug-likeness (QED) is 0.161. The van der Waals surface area contributed by atoms with Gasteiger partial charge in [-0.1, -0.05) is 60.7 Å². The number of fused-ring (bicyclic) bond motifs is 1. The first-order chi connectivity index (χ1) is 18.5. The van der Waals surface area contributed by atoms with Crippen molar-refractivity contribution in [1.29, 1.82) is 0 Å². The van der Waals surface area contributed by atoms with E-state index >= 15 is 0 Å². The minimum absolute atomic E-state index is 0.0974. The molecule has 194 valence electrons. The van der Waals surface area contributed by atoms with Crippen LogP contribution in [0.3, 0.4) is 0 Å². The first kappa shape index (κ1) is 26.2. The van der Waals surface area contributed by atoms with Crippen LogP contribution in [0.1, 0.15) is 18.6 Å². The monoisotopic (exact) mass is 511 g/mol. The van der Waals surface area contributed by atoms with Gasteiger partial charge in [-0.3, -0.25) is 10.1 Å². The third kappa shape index (κ3) is 6.48. The summed E-state index contributed by atoms with van der Waals surface area (Å²) < 4.78 is 11.9. The fourth-order valence-electron chi connectivity index (χ4n) is 4.05. The maximum absolute atomic E-state index is 13.0. The lowest BCUT2D eigenvalue weighted by atomic mass is 9.96. The van der Waals surface area contributed by atoms with E-state index in [2.05, 4.69) is 10.6 Å². The highest BCUT2D eigenvalue weighted by atomic mass is 16.6. The Morgan fingerprint density at radius 1 is 0.895 bits per heavy atom. The molecule has 0 heterocycles. The molecule has 4 aromatic rings. The minimum Gasteiger partial charge on any atom is -0.507 e. The molecule has 38 heavy (non-hydrogen) atoms. The molecule has 0 saturated heterocycles. The zero-order valence-corrected chi connectivity index (χ0v) is 20.8. The van der Waals surface area contributed by atoms with Crippen LogP contribution in [-0.2, 0) is 14.3 Å². The molecular formula is C30H29N3O5. The van der Waals surface area contributed by atoms with Crippen molar-refractivity contribution in [3.05, 3.63) is 109 Å². The molecule has 0 bridgehead atoms. The number of nitrogen functional groups attached to an aromatic ring is 1. The molecular weight excluding hydrogens is 482 g/mol. The van der Waals surface area contributed by atoms with Crippen LogP contribution in [0.2, 0.25) is 0 Å². The number of carbonyl (C=O) groups is 2. The number of carbonyl (C=O) groups excluding carboxylic acids is 2. The van der Waals surface area contributed by atoms with Crippen molar-refractivity contribution in [3.63, 3.8) is 0 Å². The van der Waals surface area contributed by atoms with Gasteiger partial charge in [0.1, 0.15) is 11.9 Å². The van der Waals surface area contributed by atoms with Crippen LogP contribution in [0.15, 0.2) is 103 Å². The number of hydrogen-bond acceptors (Lipinski definition) is 6. The Labute approximate surface area is 220 Å². The molecule has 0 unspecified atom stereocenters. The Balaban J connectivity index is 1.67.